The number of ether oxygens (including phenoxy) is 1. The maximum absolute atomic E-state index is 11.7. The van der Waals surface area contributed by atoms with Crippen molar-refractivity contribution in [2.75, 3.05) is 0 Å². The fourth-order valence-electron chi connectivity index (χ4n) is 3.59. The summed E-state index contributed by atoms with van der Waals surface area (Å²) in [7, 11) is 0. The first-order valence-electron chi connectivity index (χ1n) is 12.5. The zero-order valence-corrected chi connectivity index (χ0v) is 20.5. The van der Waals surface area contributed by atoms with E-state index in [1.165, 1.54) is 0 Å². The van der Waals surface area contributed by atoms with Crippen molar-refractivity contribution < 1.29 is 23.9 Å². The van der Waals surface area contributed by atoms with Gasteiger partial charge in [-0.15, -0.1) is 0 Å². The number of hydrogen-bond acceptors (Lipinski definition) is 5. The maximum atomic E-state index is 11.7. The second-order valence-electron chi connectivity index (χ2n) is 9.65. The summed E-state index contributed by atoms with van der Waals surface area (Å²) in [6.45, 7) is 8.23. The van der Waals surface area contributed by atoms with Gasteiger partial charge in [-0.3, -0.25) is 19.2 Å². The molecule has 0 atom stereocenters. The highest BCUT2D eigenvalue weighted by atomic mass is 16.6. The largest absolute Gasteiger partial charge is 0.393 e. The smallest absolute Gasteiger partial charge is 0.313 e. The Morgan fingerprint density at radius 1 is 0.484 bits per heavy atom. The quantitative estimate of drug-likeness (QED) is 0.119. The highest BCUT2D eigenvalue weighted by Crippen LogP contribution is 2.12. The van der Waals surface area contributed by atoms with Gasteiger partial charge in [0, 0.05) is 38.5 Å². The minimum atomic E-state index is -0.430. The first-order valence-corrected chi connectivity index (χ1v) is 12.5. The third-order valence-electron chi connectivity index (χ3n) is 5.17. The normalized spacial score (nSPS) is 11.2. The number of hydrogen-bond donors (Lipinski definition) is 0. The number of carbonyl (C=O) groups excluding carboxylic acids is 4. The molecular formula is C26H46O5. The van der Waals surface area contributed by atoms with Crippen molar-refractivity contribution in [1.29, 1.82) is 0 Å². The van der Waals surface area contributed by atoms with Gasteiger partial charge in [0.05, 0.1) is 0 Å². The predicted molar refractivity (Wildman–Crippen MR) is 125 cm³/mol. The summed E-state index contributed by atoms with van der Waals surface area (Å²) in [5, 5.41) is 0. The van der Waals surface area contributed by atoms with Crippen LogP contribution in [0.15, 0.2) is 0 Å². The second-order valence-corrected chi connectivity index (χ2v) is 9.65. The molecule has 0 heterocycles. The van der Waals surface area contributed by atoms with Gasteiger partial charge in [0.1, 0.15) is 11.6 Å². The van der Waals surface area contributed by atoms with Gasteiger partial charge in [0.15, 0.2) is 0 Å². The van der Waals surface area contributed by atoms with E-state index in [0.717, 1.165) is 64.2 Å². The van der Waals surface area contributed by atoms with Gasteiger partial charge in [-0.2, -0.15) is 0 Å². The Hall–Kier alpha value is -1.52. The van der Waals surface area contributed by atoms with E-state index in [2.05, 4.69) is 27.7 Å². The Balaban J connectivity index is 3.51. The van der Waals surface area contributed by atoms with Crippen LogP contribution in [0.3, 0.4) is 0 Å². The highest BCUT2D eigenvalue weighted by molar-refractivity contribution is 5.85. The van der Waals surface area contributed by atoms with Crippen molar-refractivity contribution in [2.24, 2.45) is 11.8 Å². The number of rotatable bonds is 20. The van der Waals surface area contributed by atoms with Crippen LogP contribution < -0.4 is 0 Å². The molecular weight excluding hydrogens is 392 g/mol. The van der Waals surface area contributed by atoms with Crippen LogP contribution in [0.1, 0.15) is 130 Å². The van der Waals surface area contributed by atoms with E-state index in [1.807, 2.05) is 0 Å². The minimum Gasteiger partial charge on any atom is -0.393 e. The molecule has 0 aliphatic rings. The van der Waals surface area contributed by atoms with Crippen LogP contribution in [0.4, 0.5) is 0 Å². The number of unbranched alkanes of at least 4 members (excludes halogenated alkanes) is 8. The summed E-state index contributed by atoms with van der Waals surface area (Å²) in [6, 6.07) is 0. The summed E-state index contributed by atoms with van der Waals surface area (Å²) < 4.78 is 4.88. The van der Waals surface area contributed by atoms with Crippen molar-refractivity contribution in [1.82, 2.24) is 0 Å². The lowest BCUT2D eigenvalue weighted by Crippen LogP contribution is -2.11. The average molecular weight is 439 g/mol. The van der Waals surface area contributed by atoms with Gasteiger partial charge in [-0.25, -0.2) is 0 Å². The lowest BCUT2D eigenvalue weighted by Gasteiger charge is -2.05. The van der Waals surface area contributed by atoms with E-state index in [4.69, 9.17) is 4.74 Å². The lowest BCUT2D eigenvalue weighted by atomic mass is 10.0. The molecule has 0 aromatic rings. The molecule has 0 aromatic carbocycles. The highest BCUT2D eigenvalue weighted by Gasteiger charge is 2.10. The van der Waals surface area contributed by atoms with Crippen LogP contribution >= 0.6 is 0 Å². The molecule has 0 aromatic heterocycles. The monoisotopic (exact) mass is 438 g/mol. The van der Waals surface area contributed by atoms with Crippen LogP contribution in [0, 0.1) is 11.8 Å². The molecule has 0 amide bonds. The van der Waals surface area contributed by atoms with Crippen LogP contribution in [0.25, 0.3) is 0 Å². The number of Topliss-reactive ketones (excluding diaryl/α,β-unsaturated/α-hetero) is 2. The third-order valence-corrected chi connectivity index (χ3v) is 5.17. The topological polar surface area (TPSA) is 77.5 Å². The molecule has 180 valence electrons. The molecule has 0 rings (SSSR count). The fraction of sp³-hybridized carbons (Fsp3) is 0.846. The Morgan fingerprint density at radius 2 is 0.774 bits per heavy atom. The van der Waals surface area contributed by atoms with Crippen molar-refractivity contribution in [3.63, 3.8) is 0 Å². The molecule has 0 N–H and O–H groups in total. The van der Waals surface area contributed by atoms with Crippen LogP contribution in [-0.2, 0) is 23.9 Å². The van der Waals surface area contributed by atoms with Gasteiger partial charge < -0.3 is 4.74 Å². The summed E-state index contributed by atoms with van der Waals surface area (Å²) in [6.07, 6.45) is 12.3. The lowest BCUT2D eigenvalue weighted by molar-refractivity contribution is -0.159. The molecule has 31 heavy (non-hydrogen) atoms. The van der Waals surface area contributed by atoms with E-state index in [9.17, 15) is 19.2 Å². The van der Waals surface area contributed by atoms with Crippen LogP contribution in [-0.4, -0.2) is 23.5 Å². The fourth-order valence-corrected chi connectivity index (χ4v) is 3.59. The van der Waals surface area contributed by atoms with Crippen LogP contribution in [0.5, 0.6) is 0 Å². The molecule has 0 saturated carbocycles. The first-order chi connectivity index (χ1) is 14.7. The van der Waals surface area contributed by atoms with Crippen LogP contribution in [0.2, 0.25) is 0 Å². The SMILES string of the molecule is CC(C)CC(=O)CCCCCCCC(=O)OC(=O)CCCCCCCC(=O)CC(C)C. The Labute approximate surface area is 190 Å². The number of esters is 2. The standard InChI is InChI=1S/C26H46O5/c1-21(2)19-23(27)15-11-7-5-9-13-17-25(29)31-26(30)18-14-10-6-8-12-16-24(28)20-22(3)4/h21-22H,5-20H2,1-4H3. The van der Waals surface area contributed by atoms with Crippen molar-refractivity contribution in [3.8, 4) is 0 Å². The van der Waals surface area contributed by atoms with Gasteiger partial charge in [-0.05, 0) is 37.5 Å². The molecule has 5 heteroatoms. The first kappa shape index (κ1) is 29.5. The van der Waals surface area contributed by atoms with Gasteiger partial charge in [0.25, 0.3) is 0 Å². The molecule has 0 fully saturated rings. The Bertz CT molecular complexity index is 476. The minimum absolute atomic E-state index is 0.280. The zero-order chi connectivity index (χ0) is 23.5. The summed E-state index contributed by atoms with van der Waals surface area (Å²) in [5.74, 6) is 0.680. The Morgan fingerprint density at radius 3 is 1.10 bits per heavy atom. The summed E-state index contributed by atoms with van der Waals surface area (Å²) in [4.78, 5) is 46.7. The Kier molecular flexibility index (Phi) is 18.2. The van der Waals surface area contributed by atoms with E-state index in [1.54, 1.807) is 0 Å². The van der Waals surface area contributed by atoms with Gasteiger partial charge in [0.2, 0.25) is 0 Å². The maximum Gasteiger partial charge on any atom is 0.313 e. The number of carbonyl (C=O) groups is 4. The molecule has 0 saturated heterocycles. The molecule has 0 spiro atoms. The second kappa shape index (κ2) is 19.2. The zero-order valence-electron chi connectivity index (χ0n) is 20.5. The molecule has 0 aliphatic heterocycles. The van der Waals surface area contributed by atoms with Gasteiger partial charge in [-0.1, -0.05) is 66.2 Å². The van der Waals surface area contributed by atoms with E-state index in [0.29, 0.717) is 49.1 Å². The predicted octanol–water partition coefficient (Wildman–Crippen LogP) is 6.75. The molecule has 0 unspecified atom stereocenters. The number of ketones is 2. The van der Waals surface area contributed by atoms with E-state index in [-0.39, 0.29) is 12.8 Å². The molecule has 0 radical (unpaired) electrons. The van der Waals surface area contributed by atoms with Gasteiger partial charge >= 0.3 is 11.9 Å². The van der Waals surface area contributed by atoms with Crippen molar-refractivity contribution >= 4 is 23.5 Å². The molecule has 5 nitrogen and oxygen atoms in total. The third kappa shape index (κ3) is 21.5. The molecule has 0 aliphatic carbocycles. The molecule has 0 bridgehead atoms. The van der Waals surface area contributed by atoms with E-state index < -0.39 is 11.9 Å². The summed E-state index contributed by atoms with van der Waals surface area (Å²) >= 11 is 0. The van der Waals surface area contributed by atoms with E-state index >= 15 is 0 Å². The van der Waals surface area contributed by atoms with Crippen molar-refractivity contribution in [3.05, 3.63) is 0 Å². The average Bonchev–Trinajstić information content (AvgIpc) is 2.65. The summed E-state index contributed by atoms with van der Waals surface area (Å²) in [5.41, 5.74) is 0. The van der Waals surface area contributed by atoms with Crippen molar-refractivity contribution in [2.45, 2.75) is 130 Å².